The SMILES string of the molecule is CCCC[C@@H](COC(=O)N(Cc1cccs1)Cc1cccs1)NC(=O)N[C@@H](CCO)c1ccc2c(c1)OCO2. The number of aliphatic hydroxyl groups is 1. The second kappa shape index (κ2) is 14.8. The molecule has 1 aliphatic rings. The summed E-state index contributed by atoms with van der Waals surface area (Å²) in [5, 5.41) is 19.5. The lowest BCUT2D eigenvalue weighted by Gasteiger charge is -2.25. The van der Waals surface area contributed by atoms with Gasteiger partial charge in [-0.15, -0.1) is 22.7 Å². The van der Waals surface area contributed by atoms with Gasteiger partial charge >= 0.3 is 12.1 Å². The summed E-state index contributed by atoms with van der Waals surface area (Å²) in [7, 11) is 0. The highest BCUT2D eigenvalue weighted by Gasteiger charge is 2.23. The molecule has 2 aromatic heterocycles. The molecule has 3 amide bonds. The Hall–Kier alpha value is -3.28. The second-order valence-electron chi connectivity index (χ2n) is 9.23. The van der Waals surface area contributed by atoms with Crippen molar-refractivity contribution < 1.29 is 28.9 Å². The number of nitrogens with zero attached hydrogens (tertiary/aromatic N) is 1. The van der Waals surface area contributed by atoms with Crippen LogP contribution in [0.4, 0.5) is 9.59 Å². The van der Waals surface area contributed by atoms with Gasteiger partial charge in [0.05, 0.1) is 25.2 Å². The number of fused-ring (bicyclic) bond motifs is 1. The number of rotatable bonds is 14. The molecule has 4 rings (SSSR count). The van der Waals surface area contributed by atoms with Crippen molar-refractivity contribution in [3.8, 4) is 11.5 Å². The maximum Gasteiger partial charge on any atom is 0.410 e. The molecule has 0 unspecified atom stereocenters. The third kappa shape index (κ3) is 8.61. The molecule has 0 saturated carbocycles. The van der Waals surface area contributed by atoms with E-state index in [1.54, 1.807) is 33.6 Å². The molecule has 1 aromatic carbocycles. The van der Waals surface area contributed by atoms with E-state index in [1.807, 2.05) is 47.2 Å². The van der Waals surface area contributed by atoms with Gasteiger partial charge in [-0.1, -0.05) is 38.0 Å². The van der Waals surface area contributed by atoms with Gasteiger partial charge in [-0.05, 0) is 53.4 Å². The number of urea groups is 1. The van der Waals surface area contributed by atoms with E-state index in [2.05, 4.69) is 17.6 Å². The fourth-order valence-electron chi connectivity index (χ4n) is 4.24. The molecule has 1 aliphatic heterocycles. The zero-order valence-electron chi connectivity index (χ0n) is 22.0. The van der Waals surface area contributed by atoms with Crippen molar-refractivity contribution >= 4 is 34.8 Å². The van der Waals surface area contributed by atoms with Crippen LogP contribution in [0.3, 0.4) is 0 Å². The Morgan fingerprint density at radius 1 is 1.03 bits per heavy atom. The van der Waals surface area contributed by atoms with Crippen LogP contribution in [0.2, 0.25) is 0 Å². The Balaban J connectivity index is 1.36. The number of thiophene rings is 2. The highest BCUT2D eigenvalue weighted by molar-refractivity contribution is 7.10. The Labute approximate surface area is 236 Å². The molecule has 11 heteroatoms. The number of carbonyl (C=O) groups is 2. The number of nitrogens with one attached hydrogen (secondary N) is 2. The van der Waals surface area contributed by atoms with E-state index in [4.69, 9.17) is 14.2 Å². The molecule has 0 bridgehead atoms. The lowest BCUT2D eigenvalue weighted by Crippen LogP contribution is -2.46. The molecule has 2 atom stereocenters. The van der Waals surface area contributed by atoms with E-state index < -0.39 is 18.2 Å². The average molecular weight is 574 g/mol. The van der Waals surface area contributed by atoms with Crippen LogP contribution in [0.15, 0.2) is 53.2 Å². The van der Waals surface area contributed by atoms with Gasteiger partial charge in [-0.2, -0.15) is 0 Å². The normalized spacial score (nSPS) is 13.5. The lowest BCUT2D eigenvalue weighted by molar-refractivity contribution is 0.0879. The summed E-state index contributed by atoms with van der Waals surface area (Å²) in [6.45, 7) is 3.12. The largest absolute Gasteiger partial charge is 0.454 e. The van der Waals surface area contributed by atoms with E-state index in [-0.39, 0.29) is 26.0 Å². The fraction of sp³-hybridized carbons (Fsp3) is 0.429. The van der Waals surface area contributed by atoms with Crippen LogP contribution in [0.1, 0.15) is 54.0 Å². The van der Waals surface area contributed by atoms with Crippen LogP contribution in [-0.4, -0.2) is 48.2 Å². The van der Waals surface area contributed by atoms with Crippen molar-refractivity contribution in [1.29, 1.82) is 0 Å². The number of ether oxygens (including phenoxy) is 3. The summed E-state index contributed by atoms with van der Waals surface area (Å²) in [4.78, 5) is 30.0. The number of carbonyl (C=O) groups excluding carboxylic acids is 2. The summed E-state index contributed by atoms with van der Waals surface area (Å²) in [5.41, 5.74) is 0.804. The lowest BCUT2D eigenvalue weighted by atomic mass is 10.0. The highest BCUT2D eigenvalue weighted by atomic mass is 32.1. The Morgan fingerprint density at radius 2 is 1.74 bits per heavy atom. The zero-order chi connectivity index (χ0) is 27.5. The van der Waals surface area contributed by atoms with E-state index >= 15 is 0 Å². The summed E-state index contributed by atoms with van der Waals surface area (Å²) in [5.74, 6) is 1.26. The fourth-order valence-corrected chi connectivity index (χ4v) is 5.68. The summed E-state index contributed by atoms with van der Waals surface area (Å²) in [6, 6.07) is 12.2. The first-order chi connectivity index (χ1) is 19.1. The first kappa shape index (κ1) is 28.7. The molecule has 39 heavy (non-hydrogen) atoms. The number of hydrogen-bond acceptors (Lipinski definition) is 8. The minimum atomic E-state index is -0.425. The summed E-state index contributed by atoms with van der Waals surface area (Å²) < 4.78 is 16.6. The van der Waals surface area contributed by atoms with E-state index in [0.717, 1.165) is 28.2 Å². The number of aliphatic hydroxyl groups excluding tert-OH is 1. The zero-order valence-corrected chi connectivity index (χ0v) is 23.6. The van der Waals surface area contributed by atoms with Crippen LogP contribution >= 0.6 is 22.7 Å². The maximum atomic E-state index is 13.1. The van der Waals surface area contributed by atoms with Crippen molar-refractivity contribution in [2.24, 2.45) is 0 Å². The van der Waals surface area contributed by atoms with Gasteiger partial charge in [0, 0.05) is 16.4 Å². The van der Waals surface area contributed by atoms with Gasteiger partial charge in [0.1, 0.15) is 6.61 Å². The molecule has 0 saturated heterocycles. The minimum Gasteiger partial charge on any atom is -0.454 e. The minimum absolute atomic E-state index is 0.0618. The molecule has 210 valence electrons. The van der Waals surface area contributed by atoms with Crippen LogP contribution in [0, 0.1) is 0 Å². The molecule has 9 nitrogen and oxygen atoms in total. The van der Waals surface area contributed by atoms with Crippen molar-refractivity contribution in [1.82, 2.24) is 15.5 Å². The van der Waals surface area contributed by atoms with Crippen LogP contribution < -0.4 is 20.1 Å². The molecular weight excluding hydrogens is 538 g/mol. The molecule has 0 radical (unpaired) electrons. The van der Waals surface area contributed by atoms with Crippen LogP contribution in [0.25, 0.3) is 0 Å². The summed E-state index contributed by atoms with van der Waals surface area (Å²) in [6.07, 6.45) is 2.41. The molecule has 0 fully saturated rings. The molecule has 0 spiro atoms. The van der Waals surface area contributed by atoms with Gasteiger partial charge in [0.2, 0.25) is 6.79 Å². The monoisotopic (exact) mass is 573 g/mol. The molecular formula is C28H35N3O6S2. The van der Waals surface area contributed by atoms with Crippen molar-refractivity contribution in [3.05, 3.63) is 68.5 Å². The third-order valence-electron chi connectivity index (χ3n) is 6.28. The number of amides is 3. The summed E-state index contributed by atoms with van der Waals surface area (Å²) >= 11 is 3.19. The van der Waals surface area contributed by atoms with E-state index in [1.165, 1.54) is 0 Å². The topological polar surface area (TPSA) is 109 Å². The molecule has 3 aromatic rings. The second-order valence-corrected chi connectivity index (χ2v) is 11.3. The molecule has 3 N–H and O–H groups in total. The predicted octanol–water partition coefficient (Wildman–Crippen LogP) is 5.66. The Kier molecular flexibility index (Phi) is 10.9. The number of unbranched alkanes of at least 4 members (excludes halogenated alkanes) is 1. The predicted molar refractivity (Wildman–Crippen MR) is 151 cm³/mol. The van der Waals surface area contributed by atoms with Crippen LogP contribution in [-0.2, 0) is 17.8 Å². The number of benzene rings is 1. The quantitative estimate of drug-likeness (QED) is 0.230. The first-order valence-corrected chi connectivity index (χ1v) is 14.9. The molecule has 3 heterocycles. The number of hydrogen-bond donors (Lipinski definition) is 3. The van der Waals surface area contributed by atoms with E-state index in [9.17, 15) is 14.7 Å². The van der Waals surface area contributed by atoms with Crippen molar-refractivity contribution in [3.63, 3.8) is 0 Å². The van der Waals surface area contributed by atoms with Crippen LogP contribution in [0.5, 0.6) is 11.5 Å². The Bertz CT molecular complexity index is 1140. The van der Waals surface area contributed by atoms with Crippen molar-refractivity contribution in [2.75, 3.05) is 20.0 Å². The van der Waals surface area contributed by atoms with Gasteiger partial charge in [-0.25, -0.2) is 9.59 Å². The standard InChI is InChI=1S/C28H35N3O6S2/c1-2-3-6-21(18-35-28(34)31(16-22-7-4-13-38-22)17-23-8-5-14-39-23)29-27(33)30-24(11-12-32)20-9-10-25-26(15-20)37-19-36-25/h4-5,7-10,13-15,21,24,32H,2-3,6,11-12,16-19H2,1H3,(H2,29,30,33)/t21-,24-/m0/s1. The van der Waals surface area contributed by atoms with Gasteiger partial charge in [0.25, 0.3) is 0 Å². The highest BCUT2D eigenvalue weighted by Crippen LogP contribution is 2.34. The van der Waals surface area contributed by atoms with Gasteiger partial charge in [-0.3, -0.25) is 4.90 Å². The first-order valence-electron chi connectivity index (χ1n) is 13.1. The van der Waals surface area contributed by atoms with Gasteiger partial charge in [0.15, 0.2) is 11.5 Å². The Morgan fingerprint density at radius 3 is 2.38 bits per heavy atom. The van der Waals surface area contributed by atoms with Gasteiger partial charge < -0.3 is 30.0 Å². The smallest absolute Gasteiger partial charge is 0.410 e. The molecule has 0 aliphatic carbocycles. The van der Waals surface area contributed by atoms with E-state index in [0.29, 0.717) is 37.4 Å². The van der Waals surface area contributed by atoms with Crippen molar-refractivity contribution in [2.45, 2.75) is 57.8 Å². The maximum absolute atomic E-state index is 13.1. The average Bonchev–Trinajstić information content (AvgIpc) is 3.72. The third-order valence-corrected chi connectivity index (χ3v) is 8.01.